The highest BCUT2D eigenvalue weighted by Crippen LogP contribution is 2.15. The van der Waals surface area contributed by atoms with Crippen LogP contribution in [0.5, 0.6) is 0 Å². The Morgan fingerprint density at radius 2 is 1.96 bits per heavy atom. The summed E-state index contributed by atoms with van der Waals surface area (Å²) < 4.78 is 15.2. The van der Waals surface area contributed by atoms with E-state index in [1.165, 1.54) is 6.07 Å². The van der Waals surface area contributed by atoms with E-state index in [1.54, 1.807) is 59.4 Å². The standard InChI is InChI=1S/C17H14ClFN4O/c18-13-5-3-6-14(10-13)20-17(24)21-16-8-9-23(22-16)11-12-4-1-2-7-15(12)19/h1-10H,11H2,(H2,20,21,22,24). The highest BCUT2D eigenvalue weighted by atomic mass is 35.5. The Bertz CT molecular complexity index is 865. The van der Waals surface area contributed by atoms with Crippen molar-refractivity contribution in [3.8, 4) is 0 Å². The molecule has 0 radical (unpaired) electrons. The average molecular weight is 345 g/mol. The smallest absolute Gasteiger partial charge is 0.308 e. The van der Waals surface area contributed by atoms with Crippen molar-refractivity contribution < 1.29 is 9.18 Å². The van der Waals surface area contributed by atoms with Crippen molar-refractivity contribution in [1.29, 1.82) is 0 Å². The number of nitrogens with one attached hydrogen (secondary N) is 2. The molecule has 5 nitrogen and oxygen atoms in total. The number of hydrogen-bond donors (Lipinski definition) is 2. The minimum Gasteiger partial charge on any atom is -0.308 e. The molecule has 2 amide bonds. The summed E-state index contributed by atoms with van der Waals surface area (Å²) in [6, 6.07) is 14.5. The number of rotatable bonds is 4. The van der Waals surface area contributed by atoms with E-state index in [4.69, 9.17) is 11.6 Å². The monoisotopic (exact) mass is 344 g/mol. The maximum Gasteiger partial charge on any atom is 0.324 e. The zero-order valence-corrected chi connectivity index (χ0v) is 13.3. The number of carbonyl (C=O) groups excluding carboxylic acids is 1. The summed E-state index contributed by atoms with van der Waals surface area (Å²) in [6.07, 6.45) is 1.67. The van der Waals surface area contributed by atoms with Crippen molar-refractivity contribution in [3.05, 3.63) is 77.2 Å². The van der Waals surface area contributed by atoms with Crippen LogP contribution < -0.4 is 10.6 Å². The second kappa shape index (κ2) is 7.14. The maximum absolute atomic E-state index is 13.6. The fourth-order valence-electron chi connectivity index (χ4n) is 2.16. The molecule has 2 N–H and O–H groups in total. The molecule has 122 valence electrons. The number of urea groups is 1. The number of carbonyl (C=O) groups is 1. The molecule has 0 aliphatic rings. The Balaban J connectivity index is 1.61. The quantitative estimate of drug-likeness (QED) is 0.738. The van der Waals surface area contributed by atoms with Crippen LogP contribution in [0.25, 0.3) is 0 Å². The van der Waals surface area contributed by atoms with Crippen molar-refractivity contribution in [2.45, 2.75) is 6.54 Å². The summed E-state index contributed by atoms with van der Waals surface area (Å²) in [7, 11) is 0. The summed E-state index contributed by atoms with van der Waals surface area (Å²) in [4.78, 5) is 11.9. The fourth-order valence-corrected chi connectivity index (χ4v) is 2.35. The minimum absolute atomic E-state index is 0.282. The number of hydrogen-bond acceptors (Lipinski definition) is 2. The number of anilines is 2. The van der Waals surface area contributed by atoms with Crippen LogP contribution in [0.15, 0.2) is 60.8 Å². The van der Waals surface area contributed by atoms with Crippen molar-refractivity contribution in [1.82, 2.24) is 9.78 Å². The SMILES string of the molecule is O=C(Nc1cccc(Cl)c1)Nc1ccn(Cc2ccccc2F)n1. The van der Waals surface area contributed by atoms with Gasteiger partial charge in [-0.05, 0) is 24.3 Å². The Labute approximate surface area is 143 Å². The van der Waals surface area contributed by atoms with Gasteiger partial charge in [-0.3, -0.25) is 10.00 Å². The lowest BCUT2D eigenvalue weighted by atomic mass is 10.2. The molecule has 1 heterocycles. The summed E-state index contributed by atoms with van der Waals surface area (Å²) in [5.74, 6) is 0.0760. The van der Waals surface area contributed by atoms with Gasteiger partial charge >= 0.3 is 6.03 Å². The highest BCUT2D eigenvalue weighted by Gasteiger charge is 2.07. The molecule has 24 heavy (non-hydrogen) atoms. The average Bonchev–Trinajstić information content (AvgIpc) is 2.96. The Hall–Kier alpha value is -2.86. The molecule has 1 aromatic heterocycles. The van der Waals surface area contributed by atoms with Gasteiger partial charge in [-0.2, -0.15) is 5.10 Å². The van der Waals surface area contributed by atoms with E-state index in [0.29, 0.717) is 22.1 Å². The Morgan fingerprint density at radius 1 is 1.12 bits per heavy atom. The maximum atomic E-state index is 13.6. The third kappa shape index (κ3) is 4.11. The van der Waals surface area contributed by atoms with E-state index in [0.717, 1.165) is 0 Å². The van der Waals surface area contributed by atoms with Crippen LogP contribution >= 0.6 is 11.6 Å². The largest absolute Gasteiger partial charge is 0.324 e. The van der Waals surface area contributed by atoms with E-state index in [9.17, 15) is 9.18 Å². The zero-order valence-electron chi connectivity index (χ0n) is 12.5. The number of aromatic nitrogens is 2. The van der Waals surface area contributed by atoms with Gasteiger partial charge in [0.15, 0.2) is 5.82 Å². The molecule has 0 atom stereocenters. The normalized spacial score (nSPS) is 10.4. The number of halogens is 2. The molecule has 0 aliphatic heterocycles. The van der Waals surface area contributed by atoms with Gasteiger partial charge in [0.25, 0.3) is 0 Å². The molecular weight excluding hydrogens is 331 g/mol. The third-order valence-corrected chi connectivity index (χ3v) is 3.49. The predicted octanol–water partition coefficient (Wildman–Crippen LogP) is 4.37. The summed E-state index contributed by atoms with van der Waals surface area (Å²) in [6.45, 7) is 0.282. The van der Waals surface area contributed by atoms with Gasteiger partial charge in [-0.1, -0.05) is 35.9 Å². The van der Waals surface area contributed by atoms with E-state index in [2.05, 4.69) is 15.7 Å². The zero-order chi connectivity index (χ0) is 16.9. The summed E-state index contributed by atoms with van der Waals surface area (Å²) >= 11 is 5.86. The van der Waals surface area contributed by atoms with E-state index < -0.39 is 6.03 Å². The minimum atomic E-state index is -0.437. The molecule has 0 saturated heterocycles. The van der Waals surface area contributed by atoms with Crippen LogP contribution in [-0.4, -0.2) is 15.8 Å². The summed E-state index contributed by atoms with van der Waals surface area (Å²) in [5, 5.41) is 9.99. The first-order chi connectivity index (χ1) is 11.6. The van der Waals surface area contributed by atoms with E-state index in [1.807, 2.05) is 0 Å². The molecule has 0 aliphatic carbocycles. The molecule has 0 fully saturated rings. The van der Waals surface area contributed by atoms with Gasteiger partial charge in [0, 0.05) is 28.5 Å². The molecular formula is C17H14ClFN4O. The van der Waals surface area contributed by atoms with Gasteiger partial charge in [-0.15, -0.1) is 0 Å². The Morgan fingerprint density at radius 3 is 2.75 bits per heavy atom. The van der Waals surface area contributed by atoms with Crippen LogP contribution in [0.1, 0.15) is 5.56 Å². The van der Waals surface area contributed by atoms with Crippen molar-refractivity contribution in [2.24, 2.45) is 0 Å². The molecule has 2 aromatic carbocycles. The number of amides is 2. The second-order valence-electron chi connectivity index (χ2n) is 5.08. The van der Waals surface area contributed by atoms with Gasteiger partial charge in [0.1, 0.15) is 5.82 Å². The highest BCUT2D eigenvalue weighted by molar-refractivity contribution is 6.30. The Kier molecular flexibility index (Phi) is 4.77. The predicted molar refractivity (Wildman–Crippen MR) is 91.8 cm³/mol. The van der Waals surface area contributed by atoms with Crippen molar-refractivity contribution in [3.63, 3.8) is 0 Å². The van der Waals surface area contributed by atoms with Crippen LogP contribution in [0.4, 0.5) is 20.7 Å². The van der Waals surface area contributed by atoms with Crippen LogP contribution in [0.3, 0.4) is 0 Å². The number of benzene rings is 2. The molecule has 0 unspecified atom stereocenters. The van der Waals surface area contributed by atoms with Gasteiger partial charge in [-0.25, -0.2) is 9.18 Å². The van der Waals surface area contributed by atoms with Gasteiger partial charge in [0.2, 0.25) is 0 Å². The second-order valence-corrected chi connectivity index (χ2v) is 5.52. The van der Waals surface area contributed by atoms with Gasteiger partial charge < -0.3 is 5.32 Å². The number of nitrogens with zero attached hydrogens (tertiary/aromatic N) is 2. The van der Waals surface area contributed by atoms with Crippen LogP contribution in [-0.2, 0) is 6.54 Å². The van der Waals surface area contributed by atoms with E-state index >= 15 is 0 Å². The first kappa shape index (κ1) is 16.0. The molecule has 3 aromatic rings. The van der Waals surface area contributed by atoms with Crippen molar-refractivity contribution >= 4 is 29.1 Å². The first-order valence-electron chi connectivity index (χ1n) is 7.20. The molecule has 0 bridgehead atoms. The third-order valence-electron chi connectivity index (χ3n) is 3.25. The molecule has 0 spiro atoms. The van der Waals surface area contributed by atoms with Crippen molar-refractivity contribution in [2.75, 3.05) is 10.6 Å². The van der Waals surface area contributed by atoms with Gasteiger partial charge in [0.05, 0.1) is 6.54 Å². The fraction of sp³-hybridized carbons (Fsp3) is 0.0588. The molecule has 3 rings (SSSR count). The van der Waals surface area contributed by atoms with Crippen LogP contribution in [0, 0.1) is 5.82 Å². The lowest BCUT2D eigenvalue weighted by Gasteiger charge is -2.06. The lowest BCUT2D eigenvalue weighted by molar-refractivity contribution is 0.262. The molecule has 0 saturated carbocycles. The summed E-state index contributed by atoms with van der Waals surface area (Å²) in [5.41, 5.74) is 1.10. The molecule has 7 heteroatoms. The topological polar surface area (TPSA) is 59.0 Å². The van der Waals surface area contributed by atoms with E-state index in [-0.39, 0.29) is 12.4 Å². The van der Waals surface area contributed by atoms with Crippen LogP contribution in [0.2, 0.25) is 5.02 Å². The first-order valence-corrected chi connectivity index (χ1v) is 7.58. The lowest BCUT2D eigenvalue weighted by Crippen LogP contribution is -2.19.